The Morgan fingerprint density at radius 2 is 1.87 bits per heavy atom. The number of hydrogen-bond donors (Lipinski definition) is 2. The fraction of sp³-hybridized carbons (Fsp3) is 0.167. The van der Waals surface area contributed by atoms with E-state index in [2.05, 4.69) is 24.9 Å². The molecule has 2 N–H and O–H groups in total. The lowest BCUT2D eigenvalue weighted by Gasteiger charge is -2.32. The summed E-state index contributed by atoms with van der Waals surface area (Å²) in [5, 5.41) is 11.2. The van der Waals surface area contributed by atoms with Crippen LogP contribution in [-0.2, 0) is 0 Å². The zero-order valence-corrected chi connectivity index (χ0v) is 21.8. The lowest BCUT2D eigenvalue weighted by molar-refractivity contribution is 0.385. The summed E-state index contributed by atoms with van der Waals surface area (Å²) < 4.78 is 24.5. The smallest absolute Gasteiger partial charge is 0.439 e. The Morgan fingerprint density at radius 3 is 2.54 bits per heavy atom. The van der Waals surface area contributed by atoms with Gasteiger partial charge in [0.25, 0.3) is 0 Å². The molecule has 1 fully saturated rings. The van der Waals surface area contributed by atoms with Gasteiger partial charge in [0.15, 0.2) is 5.82 Å². The van der Waals surface area contributed by atoms with Gasteiger partial charge in [-0.1, -0.05) is 59.6 Å². The molecule has 6 rings (SSSR count). The Bertz CT molecular complexity index is 1780. The van der Waals surface area contributed by atoms with Crippen LogP contribution < -0.4 is 10.5 Å². The van der Waals surface area contributed by atoms with Gasteiger partial charge in [-0.2, -0.15) is 9.49 Å². The summed E-state index contributed by atoms with van der Waals surface area (Å²) in [5.74, 6) is 0.252. The first-order valence-corrected chi connectivity index (χ1v) is 12.9. The Kier molecular flexibility index (Phi) is 6.62. The summed E-state index contributed by atoms with van der Waals surface area (Å²) in [7, 11) is 1.62. The molecule has 1 aliphatic carbocycles. The van der Waals surface area contributed by atoms with Crippen molar-refractivity contribution < 1.29 is 13.7 Å². The van der Waals surface area contributed by atoms with E-state index in [9.17, 15) is 9.18 Å². The molecule has 2 aromatic heterocycles. The summed E-state index contributed by atoms with van der Waals surface area (Å²) in [4.78, 5) is 13.7. The van der Waals surface area contributed by atoms with Crippen molar-refractivity contribution in [3.63, 3.8) is 0 Å². The van der Waals surface area contributed by atoms with Crippen molar-refractivity contribution in [1.29, 1.82) is 0 Å². The van der Waals surface area contributed by atoms with Gasteiger partial charge in [0.2, 0.25) is 5.95 Å². The van der Waals surface area contributed by atoms with E-state index in [1.165, 1.54) is 0 Å². The van der Waals surface area contributed by atoms with Crippen LogP contribution in [0.2, 0.25) is 5.02 Å². The third-order valence-corrected chi connectivity index (χ3v) is 7.45. The molecule has 1 aliphatic rings. The summed E-state index contributed by atoms with van der Waals surface area (Å²) in [6.07, 6.45) is 6.73. The molecule has 0 aliphatic heterocycles. The van der Waals surface area contributed by atoms with E-state index < -0.39 is 11.7 Å². The average molecular weight is 543 g/mol. The summed E-state index contributed by atoms with van der Waals surface area (Å²) in [6, 6.07) is 19.4. The molecule has 1 saturated carbocycles. The predicted molar refractivity (Wildman–Crippen MR) is 150 cm³/mol. The van der Waals surface area contributed by atoms with Crippen molar-refractivity contribution in [3.8, 4) is 5.75 Å². The Morgan fingerprint density at radius 1 is 1.08 bits per heavy atom. The topological polar surface area (TPSA) is 96.8 Å². The maximum atomic E-state index is 14.6. The van der Waals surface area contributed by atoms with Crippen LogP contribution in [0.1, 0.15) is 47.3 Å². The molecule has 9 heteroatoms. The number of rotatable bonds is 7. The lowest BCUT2D eigenvalue weighted by atomic mass is 9.73. The molecule has 0 unspecified atom stereocenters. The Labute approximate surface area is 228 Å². The maximum Gasteiger partial charge on any atom is 0.439 e. The van der Waals surface area contributed by atoms with Gasteiger partial charge >= 0.3 is 5.76 Å². The van der Waals surface area contributed by atoms with E-state index in [1.807, 2.05) is 66.7 Å². The van der Waals surface area contributed by atoms with E-state index in [4.69, 9.17) is 16.3 Å². The van der Waals surface area contributed by atoms with Crippen LogP contribution in [0.5, 0.6) is 5.75 Å². The first-order chi connectivity index (χ1) is 19.0. The second kappa shape index (κ2) is 10.4. The molecule has 5 aromatic rings. The highest BCUT2D eigenvalue weighted by molar-refractivity contribution is 6.33. The number of fused-ring (bicyclic) bond motifs is 1. The largest absolute Gasteiger partial charge is 0.497 e. The highest BCUT2D eigenvalue weighted by Crippen LogP contribution is 2.47. The van der Waals surface area contributed by atoms with E-state index >= 15 is 0 Å². The zero-order valence-electron chi connectivity index (χ0n) is 21.0. The molecule has 0 amide bonds. The van der Waals surface area contributed by atoms with Gasteiger partial charge in [0.1, 0.15) is 5.75 Å². The van der Waals surface area contributed by atoms with Crippen molar-refractivity contribution in [1.82, 2.24) is 20.3 Å². The van der Waals surface area contributed by atoms with Crippen LogP contribution in [0.4, 0.5) is 4.39 Å². The van der Waals surface area contributed by atoms with E-state index in [-0.39, 0.29) is 0 Å². The predicted octanol–water partition coefficient (Wildman–Crippen LogP) is 6.97. The average Bonchev–Trinajstić information content (AvgIpc) is 3.51. The van der Waals surface area contributed by atoms with Crippen molar-refractivity contribution in [2.24, 2.45) is 5.92 Å². The molecule has 39 heavy (non-hydrogen) atoms. The second-order valence-corrected chi connectivity index (χ2v) is 9.87. The van der Waals surface area contributed by atoms with Crippen LogP contribution >= 0.6 is 11.6 Å². The standard InChI is InChI=1S/C30H24ClFN4O3/c1-38-21-11-12-22(24(31)16-21)28(18-3-2-4-18)27(20-10-13-25-23(15-20)29(32)35-34-25)19-8-5-17(6-9-19)7-14-26-33-30(37)39-36-26/h5-16,18H,2-4H2,1H3,(H,34,35)(H,33,36,37)/b14-7+,28-27+. The Balaban J connectivity index is 1.53. The molecular formula is C30H24ClFN4O3. The minimum atomic E-state index is -0.605. The first-order valence-electron chi connectivity index (χ1n) is 12.6. The number of halogens is 2. The number of allylic oxidation sites excluding steroid dienone is 1. The molecule has 0 bridgehead atoms. The number of aromatic amines is 2. The van der Waals surface area contributed by atoms with Crippen molar-refractivity contribution in [3.05, 3.63) is 110 Å². The van der Waals surface area contributed by atoms with Crippen molar-refractivity contribution >= 4 is 45.8 Å². The van der Waals surface area contributed by atoms with Gasteiger partial charge < -0.3 is 4.74 Å². The van der Waals surface area contributed by atoms with Crippen LogP contribution in [0.25, 0.3) is 34.2 Å². The van der Waals surface area contributed by atoms with E-state index in [1.54, 1.807) is 13.2 Å². The molecule has 0 saturated heterocycles. The molecule has 0 spiro atoms. The molecular weight excluding hydrogens is 519 g/mol. The molecule has 0 radical (unpaired) electrons. The van der Waals surface area contributed by atoms with Gasteiger partial charge in [-0.15, -0.1) is 0 Å². The van der Waals surface area contributed by atoms with Crippen LogP contribution in [0.15, 0.2) is 70.0 Å². The van der Waals surface area contributed by atoms with E-state index in [0.717, 1.165) is 52.7 Å². The monoisotopic (exact) mass is 542 g/mol. The fourth-order valence-corrected chi connectivity index (χ4v) is 5.23. The number of hydrogen-bond acceptors (Lipinski definition) is 5. The highest BCUT2D eigenvalue weighted by atomic mass is 35.5. The van der Waals surface area contributed by atoms with Crippen LogP contribution in [-0.4, -0.2) is 27.4 Å². The fourth-order valence-electron chi connectivity index (χ4n) is 4.96. The van der Waals surface area contributed by atoms with Gasteiger partial charge in [0.05, 0.1) is 23.0 Å². The summed E-state index contributed by atoms with van der Waals surface area (Å²) in [6.45, 7) is 0. The van der Waals surface area contributed by atoms with Gasteiger partial charge in [0, 0.05) is 0 Å². The number of nitrogens with one attached hydrogen (secondary N) is 2. The number of aromatic nitrogens is 4. The SMILES string of the molecule is COc1ccc(/C(=C(\c2ccc(/C=C/c3noc(=O)[nH]3)cc2)c2ccc3n[nH]c(F)c3c2)C2CCC2)c(Cl)c1. The van der Waals surface area contributed by atoms with Gasteiger partial charge in [-0.25, -0.2) is 4.79 Å². The van der Waals surface area contributed by atoms with Crippen LogP contribution in [0.3, 0.4) is 0 Å². The Hall–Kier alpha value is -4.43. The molecule has 7 nitrogen and oxygen atoms in total. The number of H-pyrrole nitrogens is 2. The van der Waals surface area contributed by atoms with Crippen molar-refractivity contribution in [2.45, 2.75) is 19.3 Å². The normalized spacial score (nSPS) is 14.5. The minimum Gasteiger partial charge on any atom is -0.497 e. The van der Waals surface area contributed by atoms with Gasteiger partial charge in [-0.3, -0.25) is 14.6 Å². The third-order valence-electron chi connectivity index (χ3n) is 7.14. The number of benzene rings is 3. The van der Waals surface area contributed by atoms with E-state index in [0.29, 0.717) is 33.4 Å². The molecule has 0 atom stereocenters. The quantitative estimate of drug-likeness (QED) is 0.216. The first kappa shape index (κ1) is 24.9. The zero-order chi connectivity index (χ0) is 26.9. The minimum absolute atomic E-state index is 0.305. The van der Waals surface area contributed by atoms with Gasteiger partial charge in [-0.05, 0) is 88.6 Å². The second-order valence-electron chi connectivity index (χ2n) is 9.47. The summed E-state index contributed by atoms with van der Waals surface area (Å²) in [5.41, 5.74) is 6.37. The number of ether oxygens (including phenoxy) is 1. The number of methoxy groups -OCH3 is 1. The molecule has 196 valence electrons. The third kappa shape index (κ3) is 4.91. The lowest BCUT2D eigenvalue weighted by Crippen LogP contribution is -2.15. The van der Waals surface area contributed by atoms with Crippen molar-refractivity contribution in [2.75, 3.05) is 7.11 Å². The highest BCUT2D eigenvalue weighted by Gasteiger charge is 2.29. The van der Waals surface area contributed by atoms with Crippen LogP contribution in [0, 0.1) is 11.9 Å². The molecule has 2 heterocycles. The summed E-state index contributed by atoms with van der Waals surface area (Å²) >= 11 is 6.84. The molecule has 3 aromatic carbocycles. The maximum absolute atomic E-state index is 14.6. The number of nitrogens with zero attached hydrogens (tertiary/aromatic N) is 2.